The minimum atomic E-state index is -0.0139. The summed E-state index contributed by atoms with van der Waals surface area (Å²) in [4.78, 5) is 3.78. The molecule has 0 atom stereocenters. The normalized spacial score (nSPS) is 12.1. The van der Waals surface area contributed by atoms with E-state index in [1.165, 1.54) is 0 Å². The van der Waals surface area contributed by atoms with E-state index in [9.17, 15) is 0 Å². The lowest BCUT2D eigenvalue weighted by Gasteiger charge is -1.90. The molecule has 2 N–H and O–H groups in total. The van der Waals surface area contributed by atoms with E-state index in [1.807, 2.05) is 0 Å². The zero-order chi connectivity index (χ0) is 6.41. The predicted octanol–water partition coefficient (Wildman–Crippen LogP) is -0.568. The van der Waals surface area contributed by atoms with Crippen LogP contribution in [-0.2, 0) is 0 Å². The molecule has 8 heavy (non-hydrogen) atoms. The molecule has 0 heterocycles. The van der Waals surface area contributed by atoms with Gasteiger partial charge in [-0.3, -0.25) is 4.99 Å². The average molecular weight is 117 g/mol. The molecule has 0 aliphatic carbocycles. The molecule has 0 aromatic rings. The molecule has 0 bridgehead atoms. The molecule has 0 fully saturated rings. The van der Waals surface area contributed by atoms with E-state index in [2.05, 4.69) is 4.99 Å². The van der Waals surface area contributed by atoms with Gasteiger partial charge in [0.1, 0.15) is 0 Å². The summed E-state index contributed by atoms with van der Waals surface area (Å²) in [6.07, 6.45) is 0. The Balaban J connectivity index is 3.26. The molecule has 0 unspecified atom stereocenters. The Morgan fingerprint density at radius 1 is 1.50 bits per heavy atom. The third-order valence-corrected chi connectivity index (χ3v) is 0.711. The van der Waals surface area contributed by atoms with Crippen molar-refractivity contribution in [1.82, 2.24) is 0 Å². The summed E-state index contributed by atoms with van der Waals surface area (Å²) in [6, 6.07) is 0. The highest BCUT2D eigenvalue weighted by molar-refractivity contribution is 5.82. The van der Waals surface area contributed by atoms with Gasteiger partial charge in [-0.2, -0.15) is 0 Å². The second kappa shape index (κ2) is 4.74. The fourth-order valence-electron chi connectivity index (χ4n) is 0.291. The number of hydrogen-bond donors (Lipinski definition) is 2. The largest absolute Gasteiger partial charge is 0.394 e. The van der Waals surface area contributed by atoms with Crippen molar-refractivity contribution in [2.75, 3.05) is 19.8 Å². The molecule has 0 aromatic carbocycles. The summed E-state index contributed by atoms with van der Waals surface area (Å²) in [5, 5.41) is 16.6. The van der Waals surface area contributed by atoms with Crippen molar-refractivity contribution in [3.05, 3.63) is 0 Å². The number of aliphatic hydroxyl groups excluding tert-OH is 2. The minimum absolute atomic E-state index is 0.0139. The van der Waals surface area contributed by atoms with Crippen LogP contribution in [0.4, 0.5) is 0 Å². The zero-order valence-electron chi connectivity index (χ0n) is 4.96. The lowest BCUT2D eigenvalue weighted by molar-refractivity contribution is 0.306. The van der Waals surface area contributed by atoms with E-state index in [1.54, 1.807) is 6.92 Å². The number of aliphatic hydroxyl groups is 2. The molecule has 0 aliphatic heterocycles. The highest BCUT2D eigenvalue weighted by atomic mass is 16.3. The highest BCUT2D eigenvalue weighted by Crippen LogP contribution is 1.73. The molecule has 0 rings (SSSR count). The minimum Gasteiger partial charge on any atom is -0.394 e. The molecular weight excluding hydrogens is 106 g/mol. The van der Waals surface area contributed by atoms with Crippen LogP contribution in [0.5, 0.6) is 0 Å². The molecule has 0 saturated heterocycles. The van der Waals surface area contributed by atoms with Crippen molar-refractivity contribution >= 4 is 5.71 Å². The van der Waals surface area contributed by atoms with Crippen LogP contribution in [-0.4, -0.2) is 35.7 Å². The summed E-state index contributed by atoms with van der Waals surface area (Å²) in [6.45, 7) is 2.15. The van der Waals surface area contributed by atoms with Crippen LogP contribution in [0, 0.1) is 0 Å². The maximum atomic E-state index is 8.35. The summed E-state index contributed by atoms with van der Waals surface area (Å²) in [5.41, 5.74) is 0.666. The van der Waals surface area contributed by atoms with E-state index in [0.29, 0.717) is 12.3 Å². The first kappa shape index (κ1) is 7.59. The fraction of sp³-hybridized carbons (Fsp3) is 0.800. The van der Waals surface area contributed by atoms with Crippen LogP contribution in [0.2, 0.25) is 0 Å². The Labute approximate surface area is 48.7 Å². The van der Waals surface area contributed by atoms with Gasteiger partial charge in [0.25, 0.3) is 0 Å². The van der Waals surface area contributed by atoms with Gasteiger partial charge in [-0.15, -0.1) is 0 Å². The average Bonchev–Trinajstić information content (AvgIpc) is 1.83. The number of aliphatic imine (C=N–C) groups is 1. The Morgan fingerprint density at radius 2 is 2.12 bits per heavy atom. The smallest absolute Gasteiger partial charge is 0.0806 e. The lowest BCUT2D eigenvalue weighted by atomic mass is 10.4. The van der Waals surface area contributed by atoms with Gasteiger partial charge in [-0.25, -0.2) is 0 Å². The third kappa shape index (κ3) is 3.77. The monoisotopic (exact) mass is 117 g/mol. The molecule has 3 heteroatoms. The van der Waals surface area contributed by atoms with Gasteiger partial charge in [0.05, 0.1) is 19.8 Å². The Bertz CT molecular complexity index is 80.5. The highest BCUT2D eigenvalue weighted by Gasteiger charge is 1.82. The Kier molecular flexibility index (Phi) is 4.50. The van der Waals surface area contributed by atoms with E-state index in [4.69, 9.17) is 10.2 Å². The van der Waals surface area contributed by atoms with Gasteiger partial charge >= 0.3 is 0 Å². The van der Waals surface area contributed by atoms with E-state index in [-0.39, 0.29) is 13.2 Å². The second-order valence-electron chi connectivity index (χ2n) is 1.50. The molecule has 0 radical (unpaired) electrons. The van der Waals surface area contributed by atoms with E-state index >= 15 is 0 Å². The van der Waals surface area contributed by atoms with Crippen LogP contribution < -0.4 is 0 Å². The van der Waals surface area contributed by atoms with Gasteiger partial charge in [0.15, 0.2) is 0 Å². The van der Waals surface area contributed by atoms with Crippen molar-refractivity contribution < 1.29 is 10.2 Å². The van der Waals surface area contributed by atoms with Gasteiger partial charge < -0.3 is 10.2 Å². The third-order valence-electron chi connectivity index (χ3n) is 0.711. The van der Waals surface area contributed by atoms with Crippen LogP contribution in [0.25, 0.3) is 0 Å². The van der Waals surface area contributed by atoms with Crippen molar-refractivity contribution in [2.45, 2.75) is 6.92 Å². The molecule has 0 aliphatic rings. The quantitative estimate of drug-likeness (QED) is 0.486. The van der Waals surface area contributed by atoms with Crippen molar-refractivity contribution in [1.29, 1.82) is 0 Å². The predicted molar refractivity (Wildman–Crippen MR) is 32.1 cm³/mol. The molecule has 0 spiro atoms. The van der Waals surface area contributed by atoms with E-state index < -0.39 is 0 Å². The van der Waals surface area contributed by atoms with Crippen LogP contribution in [0.1, 0.15) is 6.92 Å². The van der Waals surface area contributed by atoms with Gasteiger partial charge in [0, 0.05) is 5.71 Å². The van der Waals surface area contributed by atoms with Crippen LogP contribution in [0.3, 0.4) is 0 Å². The van der Waals surface area contributed by atoms with Gasteiger partial charge in [-0.05, 0) is 6.92 Å². The maximum Gasteiger partial charge on any atom is 0.0806 e. The zero-order valence-corrected chi connectivity index (χ0v) is 4.96. The maximum absolute atomic E-state index is 8.35. The van der Waals surface area contributed by atoms with Crippen LogP contribution in [0.15, 0.2) is 4.99 Å². The summed E-state index contributed by atoms with van der Waals surface area (Å²) >= 11 is 0. The molecule has 3 nitrogen and oxygen atoms in total. The lowest BCUT2D eigenvalue weighted by Crippen LogP contribution is -2.00. The molecule has 0 amide bonds. The molecule has 0 saturated carbocycles. The Hall–Kier alpha value is -0.410. The summed E-state index contributed by atoms with van der Waals surface area (Å²) < 4.78 is 0. The van der Waals surface area contributed by atoms with Crippen LogP contribution >= 0.6 is 0 Å². The number of nitrogens with zero attached hydrogens (tertiary/aromatic N) is 1. The Morgan fingerprint density at radius 3 is 2.50 bits per heavy atom. The summed E-state index contributed by atoms with van der Waals surface area (Å²) in [7, 11) is 0. The van der Waals surface area contributed by atoms with Gasteiger partial charge in [-0.1, -0.05) is 0 Å². The van der Waals surface area contributed by atoms with E-state index in [0.717, 1.165) is 0 Å². The first-order valence-corrected chi connectivity index (χ1v) is 2.53. The fourth-order valence-corrected chi connectivity index (χ4v) is 0.291. The summed E-state index contributed by atoms with van der Waals surface area (Å²) in [5.74, 6) is 0. The first-order valence-electron chi connectivity index (χ1n) is 2.53. The molecule has 48 valence electrons. The van der Waals surface area contributed by atoms with Gasteiger partial charge in [0.2, 0.25) is 0 Å². The first-order chi connectivity index (χ1) is 3.81. The SMILES string of the molecule is C/C(CO)=N\CCO. The van der Waals surface area contributed by atoms with Crippen molar-refractivity contribution in [3.63, 3.8) is 0 Å². The standard InChI is InChI=1S/C5H11NO2/c1-5(4-8)6-2-3-7/h7-8H,2-4H2,1H3/b6-5+. The number of rotatable bonds is 3. The number of hydrogen-bond acceptors (Lipinski definition) is 3. The van der Waals surface area contributed by atoms with Crippen molar-refractivity contribution in [2.24, 2.45) is 4.99 Å². The van der Waals surface area contributed by atoms with Crippen molar-refractivity contribution in [3.8, 4) is 0 Å². The molecular formula is C5H11NO2. The topological polar surface area (TPSA) is 52.8 Å². The molecule has 0 aromatic heterocycles. The second-order valence-corrected chi connectivity index (χ2v) is 1.50.